The zero-order valence-corrected chi connectivity index (χ0v) is 14.5. The van der Waals surface area contributed by atoms with E-state index in [1.165, 1.54) is 5.56 Å². The van der Waals surface area contributed by atoms with Gasteiger partial charge in [-0.1, -0.05) is 30.3 Å². The molecule has 0 radical (unpaired) electrons. The number of ether oxygens (including phenoxy) is 1. The van der Waals surface area contributed by atoms with E-state index in [0.717, 1.165) is 19.3 Å². The molecule has 2 amide bonds. The van der Waals surface area contributed by atoms with Crippen molar-refractivity contribution in [1.82, 2.24) is 10.6 Å². The van der Waals surface area contributed by atoms with Gasteiger partial charge in [0, 0.05) is 19.8 Å². The van der Waals surface area contributed by atoms with Gasteiger partial charge in [0.25, 0.3) is 0 Å². The molecule has 1 saturated heterocycles. The third kappa shape index (κ3) is 6.86. The van der Waals surface area contributed by atoms with E-state index < -0.39 is 6.04 Å². The highest BCUT2D eigenvalue weighted by Gasteiger charge is 2.26. The first-order chi connectivity index (χ1) is 11.2. The van der Waals surface area contributed by atoms with Crippen molar-refractivity contribution in [3.8, 4) is 0 Å². The molecule has 134 valence electrons. The molecule has 7 heteroatoms. The van der Waals surface area contributed by atoms with Crippen LogP contribution in [-0.4, -0.2) is 44.2 Å². The van der Waals surface area contributed by atoms with Crippen molar-refractivity contribution in [2.24, 2.45) is 11.7 Å². The van der Waals surface area contributed by atoms with E-state index in [9.17, 15) is 9.59 Å². The fourth-order valence-corrected chi connectivity index (χ4v) is 2.63. The minimum absolute atomic E-state index is 0. The molecule has 1 heterocycles. The lowest BCUT2D eigenvalue weighted by atomic mass is 9.92. The van der Waals surface area contributed by atoms with Crippen molar-refractivity contribution in [2.75, 3.05) is 26.3 Å². The molecule has 0 saturated carbocycles. The number of hydrogen-bond donors (Lipinski definition) is 3. The topological polar surface area (TPSA) is 93.5 Å². The Labute approximate surface area is 148 Å². The molecule has 0 aromatic heterocycles. The highest BCUT2D eigenvalue weighted by atomic mass is 35.5. The van der Waals surface area contributed by atoms with E-state index in [0.29, 0.717) is 19.8 Å². The number of benzene rings is 1. The Bertz CT molecular complexity index is 507. The minimum atomic E-state index is -0.573. The monoisotopic (exact) mass is 355 g/mol. The summed E-state index contributed by atoms with van der Waals surface area (Å²) >= 11 is 0. The SMILES string of the molecule is Cl.NC(C(=O)NCC(=O)NCCc1ccccc1)C1CCOCC1. The van der Waals surface area contributed by atoms with Crippen LogP contribution in [0.4, 0.5) is 0 Å². The molecule has 0 aliphatic carbocycles. The Hall–Kier alpha value is -1.63. The number of nitrogens with two attached hydrogens (primary N) is 1. The van der Waals surface area contributed by atoms with Gasteiger partial charge in [-0.3, -0.25) is 9.59 Å². The van der Waals surface area contributed by atoms with Crippen molar-refractivity contribution < 1.29 is 14.3 Å². The van der Waals surface area contributed by atoms with Gasteiger partial charge in [0.2, 0.25) is 11.8 Å². The van der Waals surface area contributed by atoms with E-state index in [1.807, 2.05) is 30.3 Å². The number of amides is 2. The third-order valence-electron chi connectivity index (χ3n) is 4.08. The molecule has 1 aromatic rings. The van der Waals surface area contributed by atoms with Crippen molar-refractivity contribution in [2.45, 2.75) is 25.3 Å². The highest BCUT2D eigenvalue weighted by Crippen LogP contribution is 2.17. The second-order valence-electron chi connectivity index (χ2n) is 5.78. The zero-order valence-electron chi connectivity index (χ0n) is 13.7. The van der Waals surface area contributed by atoms with Gasteiger partial charge < -0.3 is 21.1 Å². The number of halogens is 1. The number of hydrogen-bond acceptors (Lipinski definition) is 4. The Kier molecular flexibility index (Phi) is 9.37. The average molecular weight is 356 g/mol. The Morgan fingerprint density at radius 3 is 2.50 bits per heavy atom. The summed E-state index contributed by atoms with van der Waals surface area (Å²) in [5, 5.41) is 5.40. The molecule has 1 fully saturated rings. The van der Waals surface area contributed by atoms with E-state index >= 15 is 0 Å². The van der Waals surface area contributed by atoms with Crippen molar-refractivity contribution in [1.29, 1.82) is 0 Å². The average Bonchev–Trinajstić information content (AvgIpc) is 2.60. The first-order valence-corrected chi connectivity index (χ1v) is 8.08. The molecule has 1 aliphatic heterocycles. The van der Waals surface area contributed by atoms with Crippen LogP contribution in [0.2, 0.25) is 0 Å². The van der Waals surface area contributed by atoms with Gasteiger partial charge in [-0.05, 0) is 30.7 Å². The van der Waals surface area contributed by atoms with Gasteiger partial charge in [0.05, 0.1) is 12.6 Å². The molecule has 1 unspecified atom stereocenters. The van der Waals surface area contributed by atoms with Crippen molar-refractivity contribution in [3.63, 3.8) is 0 Å². The van der Waals surface area contributed by atoms with E-state index in [2.05, 4.69) is 10.6 Å². The number of carbonyl (C=O) groups is 2. The predicted octanol–water partition coefficient (Wildman–Crippen LogP) is 0.637. The van der Waals surface area contributed by atoms with E-state index in [-0.39, 0.29) is 36.7 Å². The van der Waals surface area contributed by atoms with Crippen LogP contribution >= 0.6 is 12.4 Å². The summed E-state index contributed by atoms with van der Waals surface area (Å²) < 4.78 is 5.26. The van der Waals surface area contributed by atoms with Crippen LogP contribution in [0.3, 0.4) is 0 Å². The zero-order chi connectivity index (χ0) is 16.5. The standard InChI is InChI=1S/C17H25N3O3.ClH/c18-16(14-7-10-23-11-8-14)17(22)20-12-15(21)19-9-6-13-4-2-1-3-5-13;/h1-5,14,16H,6-12,18H2,(H,19,21)(H,20,22);1H. The highest BCUT2D eigenvalue weighted by molar-refractivity contribution is 5.87. The van der Waals surface area contributed by atoms with Crippen LogP contribution in [0, 0.1) is 5.92 Å². The van der Waals surface area contributed by atoms with E-state index in [4.69, 9.17) is 10.5 Å². The second kappa shape index (κ2) is 11.0. The molecule has 6 nitrogen and oxygen atoms in total. The molecular formula is C17H26ClN3O3. The lowest BCUT2D eigenvalue weighted by Crippen LogP contribution is -2.49. The quantitative estimate of drug-likeness (QED) is 0.669. The summed E-state index contributed by atoms with van der Waals surface area (Å²) in [6, 6.07) is 9.35. The van der Waals surface area contributed by atoms with Crippen molar-refractivity contribution >= 4 is 24.2 Å². The lowest BCUT2D eigenvalue weighted by Gasteiger charge is -2.26. The van der Waals surface area contributed by atoms with Crippen molar-refractivity contribution in [3.05, 3.63) is 35.9 Å². The molecule has 24 heavy (non-hydrogen) atoms. The number of rotatable bonds is 7. The first-order valence-electron chi connectivity index (χ1n) is 8.08. The summed E-state index contributed by atoms with van der Waals surface area (Å²) in [4.78, 5) is 23.7. The molecule has 0 spiro atoms. The molecular weight excluding hydrogens is 330 g/mol. The van der Waals surface area contributed by atoms with Crippen LogP contribution in [-0.2, 0) is 20.7 Å². The van der Waals surface area contributed by atoms with Gasteiger partial charge in [-0.25, -0.2) is 0 Å². The van der Waals surface area contributed by atoms with E-state index in [1.54, 1.807) is 0 Å². The molecule has 1 aliphatic rings. The largest absolute Gasteiger partial charge is 0.381 e. The summed E-state index contributed by atoms with van der Waals surface area (Å²) in [5.41, 5.74) is 7.12. The second-order valence-corrected chi connectivity index (χ2v) is 5.78. The normalized spacial score (nSPS) is 15.9. The maximum Gasteiger partial charge on any atom is 0.239 e. The maximum atomic E-state index is 12.0. The molecule has 2 rings (SSSR count). The number of carbonyl (C=O) groups excluding carboxylic acids is 2. The number of nitrogens with one attached hydrogen (secondary N) is 2. The Balaban J connectivity index is 0.00000288. The van der Waals surface area contributed by atoms with Crippen LogP contribution in [0.5, 0.6) is 0 Å². The van der Waals surface area contributed by atoms with Gasteiger partial charge in [0.1, 0.15) is 0 Å². The van der Waals surface area contributed by atoms with Crippen LogP contribution in [0.15, 0.2) is 30.3 Å². The predicted molar refractivity (Wildman–Crippen MR) is 94.9 cm³/mol. The fraction of sp³-hybridized carbons (Fsp3) is 0.529. The fourth-order valence-electron chi connectivity index (χ4n) is 2.63. The Morgan fingerprint density at radius 1 is 1.17 bits per heavy atom. The van der Waals surface area contributed by atoms with Gasteiger partial charge in [-0.15, -0.1) is 12.4 Å². The first kappa shape index (κ1) is 20.4. The van der Waals surface area contributed by atoms with Gasteiger partial charge in [0.15, 0.2) is 0 Å². The van der Waals surface area contributed by atoms with Crippen LogP contribution in [0.1, 0.15) is 18.4 Å². The molecule has 0 bridgehead atoms. The summed E-state index contributed by atoms with van der Waals surface area (Å²) in [6.45, 7) is 1.80. The summed E-state index contributed by atoms with van der Waals surface area (Å²) in [5.74, 6) is -0.339. The third-order valence-corrected chi connectivity index (χ3v) is 4.08. The minimum Gasteiger partial charge on any atom is -0.381 e. The Morgan fingerprint density at radius 2 is 1.83 bits per heavy atom. The van der Waals surface area contributed by atoms with Gasteiger partial charge in [-0.2, -0.15) is 0 Å². The molecule has 1 atom stereocenters. The molecule has 1 aromatic carbocycles. The van der Waals surface area contributed by atoms with Crippen LogP contribution in [0.25, 0.3) is 0 Å². The lowest BCUT2D eigenvalue weighted by molar-refractivity contribution is -0.128. The smallest absolute Gasteiger partial charge is 0.239 e. The van der Waals surface area contributed by atoms with Gasteiger partial charge >= 0.3 is 0 Å². The maximum absolute atomic E-state index is 12.0. The van der Waals surface area contributed by atoms with Crippen LogP contribution < -0.4 is 16.4 Å². The summed E-state index contributed by atoms with van der Waals surface area (Å²) in [7, 11) is 0. The molecule has 4 N–H and O–H groups in total. The summed E-state index contributed by atoms with van der Waals surface area (Å²) in [6.07, 6.45) is 2.35.